The lowest BCUT2D eigenvalue weighted by atomic mass is 10.1. The van der Waals surface area contributed by atoms with Gasteiger partial charge in [-0.3, -0.25) is 4.79 Å². The maximum absolute atomic E-state index is 11.9. The number of carbonyl (C=O) groups is 1. The van der Waals surface area contributed by atoms with Crippen molar-refractivity contribution in [3.8, 4) is 0 Å². The number of nitrogens with zero attached hydrogens (tertiary/aromatic N) is 2. The van der Waals surface area contributed by atoms with Gasteiger partial charge >= 0.3 is 0 Å². The van der Waals surface area contributed by atoms with Gasteiger partial charge in [0, 0.05) is 38.1 Å². The Morgan fingerprint density at radius 1 is 1.12 bits per heavy atom. The molecule has 0 bridgehead atoms. The average Bonchev–Trinajstić information content (AvgIpc) is 2.71. The number of para-hydroxylation sites is 1. The van der Waals surface area contributed by atoms with E-state index in [0.29, 0.717) is 12.1 Å². The molecular weight excluding hydrogens is 324 g/mol. The van der Waals surface area contributed by atoms with Crippen LogP contribution in [0.3, 0.4) is 0 Å². The zero-order chi connectivity index (χ0) is 18.2. The van der Waals surface area contributed by atoms with Gasteiger partial charge in [-0.25, -0.2) is 4.98 Å². The first kappa shape index (κ1) is 18.2. The summed E-state index contributed by atoms with van der Waals surface area (Å²) in [6.45, 7) is 5.72. The van der Waals surface area contributed by atoms with Crippen LogP contribution < -0.4 is 15.5 Å². The summed E-state index contributed by atoms with van der Waals surface area (Å²) in [5.41, 5.74) is 3.19. The minimum atomic E-state index is -0.0682. The molecule has 1 aliphatic rings. The van der Waals surface area contributed by atoms with Gasteiger partial charge < -0.3 is 15.5 Å². The summed E-state index contributed by atoms with van der Waals surface area (Å²) in [7, 11) is 0. The minimum Gasteiger partial charge on any atom is -0.371 e. The van der Waals surface area contributed by atoms with Gasteiger partial charge in [0.15, 0.2) is 0 Å². The molecule has 0 aliphatic carbocycles. The standard InChI is InChI=1S/C21H28N4O/c1-2-12-22-21(26)18-10-11-20(24-16-18)23-15-17-8-4-5-9-19(17)25-13-6-3-7-14-25/h4-5,8-11,16H,2-3,6-7,12-15H2,1H3,(H,22,26)(H,23,24). The molecule has 0 unspecified atom stereocenters. The van der Waals surface area contributed by atoms with E-state index in [-0.39, 0.29) is 5.91 Å². The third-order valence-electron chi connectivity index (χ3n) is 4.71. The van der Waals surface area contributed by atoms with Crippen LogP contribution in [0, 0.1) is 0 Å². The van der Waals surface area contributed by atoms with Gasteiger partial charge in [0.05, 0.1) is 5.56 Å². The zero-order valence-corrected chi connectivity index (χ0v) is 15.5. The van der Waals surface area contributed by atoms with Gasteiger partial charge in [0.2, 0.25) is 0 Å². The van der Waals surface area contributed by atoms with Crippen LogP contribution in [0.2, 0.25) is 0 Å². The first-order valence-electron chi connectivity index (χ1n) is 9.59. The largest absolute Gasteiger partial charge is 0.371 e. The first-order chi connectivity index (χ1) is 12.8. The lowest BCUT2D eigenvalue weighted by molar-refractivity contribution is 0.0953. The molecule has 0 saturated carbocycles. The highest BCUT2D eigenvalue weighted by atomic mass is 16.1. The van der Waals surface area contributed by atoms with E-state index in [0.717, 1.165) is 31.9 Å². The molecule has 2 aromatic rings. The lowest BCUT2D eigenvalue weighted by Gasteiger charge is -2.30. The summed E-state index contributed by atoms with van der Waals surface area (Å²) in [6, 6.07) is 12.2. The summed E-state index contributed by atoms with van der Waals surface area (Å²) in [6.07, 6.45) is 6.42. The number of hydrogen-bond acceptors (Lipinski definition) is 4. The van der Waals surface area contributed by atoms with Crippen molar-refractivity contribution in [2.45, 2.75) is 39.2 Å². The number of piperidine rings is 1. The maximum atomic E-state index is 11.9. The SMILES string of the molecule is CCCNC(=O)c1ccc(NCc2ccccc2N2CCCCC2)nc1. The van der Waals surface area contributed by atoms with E-state index in [1.54, 1.807) is 6.20 Å². The summed E-state index contributed by atoms with van der Waals surface area (Å²) in [5, 5.41) is 6.25. The Morgan fingerprint density at radius 3 is 2.65 bits per heavy atom. The lowest BCUT2D eigenvalue weighted by Crippen LogP contribution is -2.30. The molecular formula is C21H28N4O. The quantitative estimate of drug-likeness (QED) is 0.795. The van der Waals surface area contributed by atoms with Crippen molar-refractivity contribution < 1.29 is 4.79 Å². The Morgan fingerprint density at radius 2 is 1.92 bits per heavy atom. The van der Waals surface area contributed by atoms with Crippen molar-refractivity contribution in [2.24, 2.45) is 0 Å². The number of aromatic nitrogens is 1. The van der Waals surface area contributed by atoms with Gasteiger partial charge in [-0.2, -0.15) is 0 Å². The van der Waals surface area contributed by atoms with Gasteiger partial charge in [0.1, 0.15) is 5.82 Å². The monoisotopic (exact) mass is 352 g/mol. The number of carbonyl (C=O) groups excluding carboxylic acids is 1. The van der Waals surface area contributed by atoms with E-state index in [4.69, 9.17) is 0 Å². The molecule has 0 radical (unpaired) electrons. The van der Waals surface area contributed by atoms with Gasteiger partial charge in [-0.05, 0) is 49.4 Å². The Bertz CT molecular complexity index is 708. The molecule has 26 heavy (non-hydrogen) atoms. The molecule has 138 valence electrons. The van der Waals surface area contributed by atoms with E-state index < -0.39 is 0 Å². The third-order valence-corrected chi connectivity index (χ3v) is 4.71. The first-order valence-corrected chi connectivity index (χ1v) is 9.59. The van der Waals surface area contributed by atoms with Crippen LogP contribution in [0.15, 0.2) is 42.6 Å². The van der Waals surface area contributed by atoms with Crippen molar-refractivity contribution in [1.29, 1.82) is 0 Å². The number of benzene rings is 1. The van der Waals surface area contributed by atoms with Gasteiger partial charge in [0.25, 0.3) is 5.91 Å². The van der Waals surface area contributed by atoms with Gasteiger partial charge in [-0.15, -0.1) is 0 Å². The molecule has 5 nitrogen and oxygen atoms in total. The normalized spacial score (nSPS) is 14.1. The fourth-order valence-corrected chi connectivity index (χ4v) is 3.26. The second-order valence-corrected chi connectivity index (χ2v) is 6.72. The van der Waals surface area contributed by atoms with Crippen molar-refractivity contribution in [2.75, 3.05) is 29.9 Å². The fourth-order valence-electron chi connectivity index (χ4n) is 3.26. The summed E-state index contributed by atoms with van der Waals surface area (Å²) in [5.74, 6) is 0.715. The Kier molecular flexibility index (Phi) is 6.47. The van der Waals surface area contributed by atoms with Crippen LogP contribution >= 0.6 is 0 Å². The van der Waals surface area contributed by atoms with Crippen LogP contribution in [0.5, 0.6) is 0 Å². The molecule has 5 heteroatoms. The molecule has 1 fully saturated rings. The van der Waals surface area contributed by atoms with Crippen LogP contribution in [0.1, 0.15) is 48.5 Å². The summed E-state index contributed by atoms with van der Waals surface area (Å²) >= 11 is 0. The minimum absolute atomic E-state index is 0.0682. The zero-order valence-electron chi connectivity index (χ0n) is 15.5. The topological polar surface area (TPSA) is 57.3 Å². The molecule has 0 atom stereocenters. The molecule has 0 spiro atoms. The second-order valence-electron chi connectivity index (χ2n) is 6.72. The van der Waals surface area contributed by atoms with E-state index in [1.807, 2.05) is 19.1 Å². The highest BCUT2D eigenvalue weighted by Crippen LogP contribution is 2.24. The number of amides is 1. The highest BCUT2D eigenvalue weighted by Gasteiger charge is 2.14. The molecule has 1 aromatic heterocycles. The van der Waals surface area contributed by atoms with Gasteiger partial charge in [-0.1, -0.05) is 25.1 Å². The average molecular weight is 352 g/mol. The van der Waals surface area contributed by atoms with Crippen molar-refractivity contribution >= 4 is 17.4 Å². The highest BCUT2D eigenvalue weighted by molar-refractivity contribution is 5.94. The maximum Gasteiger partial charge on any atom is 0.252 e. The number of pyridine rings is 1. The predicted octanol–water partition coefficient (Wildman–Crippen LogP) is 3.82. The van der Waals surface area contributed by atoms with Crippen LogP contribution in [0.25, 0.3) is 0 Å². The Hall–Kier alpha value is -2.56. The number of rotatable bonds is 7. The Balaban J connectivity index is 1.61. The molecule has 3 rings (SSSR count). The van der Waals surface area contributed by atoms with Crippen molar-refractivity contribution in [1.82, 2.24) is 10.3 Å². The molecule has 1 amide bonds. The smallest absolute Gasteiger partial charge is 0.252 e. The third kappa shape index (κ3) is 4.75. The fraction of sp³-hybridized carbons (Fsp3) is 0.429. The molecule has 1 aliphatic heterocycles. The van der Waals surface area contributed by atoms with E-state index >= 15 is 0 Å². The molecule has 2 heterocycles. The summed E-state index contributed by atoms with van der Waals surface area (Å²) in [4.78, 5) is 18.8. The van der Waals surface area contributed by atoms with Crippen molar-refractivity contribution in [3.05, 3.63) is 53.7 Å². The van der Waals surface area contributed by atoms with Crippen LogP contribution in [-0.4, -0.2) is 30.5 Å². The number of hydrogen-bond donors (Lipinski definition) is 2. The van der Waals surface area contributed by atoms with E-state index in [2.05, 4.69) is 44.8 Å². The van der Waals surface area contributed by atoms with Crippen molar-refractivity contribution in [3.63, 3.8) is 0 Å². The number of nitrogens with one attached hydrogen (secondary N) is 2. The molecule has 1 saturated heterocycles. The van der Waals surface area contributed by atoms with E-state index in [9.17, 15) is 4.79 Å². The summed E-state index contributed by atoms with van der Waals surface area (Å²) < 4.78 is 0. The van der Waals surface area contributed by atoms with Crippen LogP contribution in [-0.2, 0) is 6.54 Å². The second kappa shape index (κ2) is 9.22. The predicted molar refractivity (Wildman–Crippen MR) is 107 cm³/mol. The number of anilines is 2. The Labute approximate surface area is 155 Å². The van der Waals surface area contributed by atoms with Crippen LogP contribution in [0.4, 0.5) is 11.5 Å². The molecule has 1 aromatic carbocycles. The van der Waals surface area contributed by atoms with E-state index in [1.165, 1.54) is 30.5 Å². The molecule has 2 N–H and O–H groups in total.